The highest BCUT2D eigenvalue weighted by atomic mass is 35.7. The predicted octanol–water partition coefficient (Wildman–Crippen LogP) is 2.25. The summed E-state index contributed by atoms with van der Waals surface area (Å²) in [5.41, 5.74) is 0.0580. The third kappa shape index (κ3) is 3.32. The first-order chi connectivity index (χ1) is 9.43. The number of aromatic amines is 1. The quantitative estimate of drug-likeness (QED) is 0.664. The Labute approximate surface area is 122 Å². The number of carbonyl (C=O) groups excluding carboxylic acids is 1. The molecule has 6 nitrogen and oxygen atoms in total. The lowest BCUT2D eigenvalue weighted by Gasteiger charge is -2.09. The summed E-state index contributed by atoms with van der Waals surface area (Å²) in [6, 6.07) is 0. The molecule has 1 fully saturated rings. The van der Waals surface area contributed by atoms with Gasteiger partial charge in [0.2, 0.25) is 0 Å². The van der Waals surface area contributed by atoms with Crippen LogP contribution in [0, 0.1) is 5.92 Å². The fourth-order valence-electron chi connectivity index (χ4n) is 2.45. The van der Waals surface area contributed by atoms with Gasteiger partial charge in [-0.1, -0.05) is 19.8 Å². The molecule has 0 aliphatic heterocycles. The van der Waals surface area contributed by atoms with E-state index in [1.165, 1.54) is 0 Å². The van der Waals surface area contributed by atoms with Crippen LogP contribution in [0.15, 0.2) is 4.90 Å². The summed E-state index contributed by atoms with van der Waals surface area (Å²) in [4.78, 5) is 11.7. The maximum Gasteiger partial charge on any atom is 0.360 e. The van der Waals surface area contributed by atoms with Crippen LogP contribution >= 0.6 is 10.7 Å². The summed E-state index contributed by atoms with van der Waals surface area (Å²) in [5.74, 6) is -0.383. The summed E-state index contributed by atoms with van der Waals surface area (Å²) in [6.07, 6.45) is 4.74. The van der Waals surface area contributed by atoms with Crippen molar-refractivity contribution >= 4 is 25.7 Å². The van der Waals surface area contributed by atoms with E-state index in [0.29, 0.717) is 24.6 Å². The minimum atomic E-state index is -4.04. The zero-order valence-corrected chi connectivity index (χ0v) is 12.8. The van der Waals surface area contributed by atoms with Crippen molar-refractivity contribution in [2.45, 2.75) is 43.9 Å². The molecule has 1 aliphatic carbocycles. The first kappa shape index (κ1) is 15.3. The molecule has 112 valence electrons. The number of rotatable bonds is 5. The second-order valence-electron chi connectivity index (χ2n) is 4.92. The molecule has 1 aliphatic rings. The van der Waals surface area contributed by atoms with Crippen LogP contribution in [0.25, 0.3) is 0 Å². The van der Waals surface area contributed by atoms with Crippen LogP contribution in [0.2, 0.25) is 0 Å². The molecule has 1 saturated carbocycles. The van der Waals surface area contributed by atoms with E-state index in [1.807, 2.05) is 0 Å². The first-order valence-electron chi connectivity index (χ1n) is 6.62. The molecule has 2 rings (SSSR count). The lowest BCUT2D eigenvalue weighted by Crippen LogP contribution is -2.14. The van der Waals surface area contributed by atoms with Crippen molar-refractivity contribution in [1.29, 1.82) is 0 Å². The average molecular weight is 321 g/mol. The number of halogens is 1. The summed E-state index contributed by atoms with van der Waals surface area (Å²) >= 11 is 0. The number of hydrogen-bond acceptors (Lipinski definition) is 5. The van der Waals surface area contributed by atoms with Gasteiger partial charge in [-0.2, -0.15) is 5.10 Å². The highest BCUT2D eigenvalue weighted by Crippen LogP contribution is 2.26. The second-order valence-corrected chi connectivity index (χ2v) is 7.42. The third-order valence-corrected chi connectivity index (χ3v) is 4.90. The Hall–Kier alpha value is -1.08. The van der Waals surface area contributed by atoms with Gasteiger partial charge in [0.15, 0.2) is 5.69 Å². The summed E-state index contributed by atoms with van der Waals surface area (Å²) in [5, 5.41) is 6.26. The Bertz CT molecular complexity index is 591. The Balaban J connectivity index is 2.15. The van der Waals surface area contributed by atoms with Crippen LogP contribution in [-0.4, -0.2) is 31.2 Å². The maximum atomic E-state index is 12.0. The number of nitrogens with zero attached hydrogens (tertiary/aromatic N) is 1. The third-order valence-electron chi connectivity index (χ3n) is 3.51. The number of ether oxygens (including phenoxy) is 1. The number of esters is 1. The molecule has 0 saturated heterocycles. The molecule has 0 amide bonds. The first-order valence-corrected chi connectivity index (χ1v) is 8.93. The van der Waals surface area contributed by atoms with Crippen molar-refractivity contribution in [3.05, 3.63) is 11.4 Å². The van der Waals surface area contributed by atoms with Crippen LogP contribution in [0.1, 0.15) is 48.8 Å². The highest BCUT2D eigenvalue weighted by molar-refractivity contribution is 8.13. The van der Waals surface area contributed by atoms with E-state index in [0.717, 1.165) is 25.7 Å². The van der Waals surface area contributed by atoms with Crippen molar-refractivity contribution in [2.75, 3.05) is 6.61 Å². The van der Waals surface area contributed by atoms with Gasteiger partial charge in [0.25, 0.3) is 9.05 Å². The SMILES string of the molecule is CCc1[nH]nc(C(=O)OCC2CCCC2)c1S(=O)(=O)Cl. The van der Waals surface area contributed by atoms with E-state index < -0.39 is 15.0 Å². The van der Waals surface area contributed by atoms with Gasteiger partial charge in [0, 0.05) is 10.7 Å². The second kappa shape index (κ2) is 6.13. The number of carbonyl (C=O) groups is 1. The van der Waals surface area contributed by atoms with Gasteiger partial charge in [-0.05, 0) is 25.2 Å². The van der Waals surface area contributed by atoms with Crippen LogP contribution in [0.4, 0.5) is 0 Å². The van der Waals surface area contributed by atoms with Crippen LogP contribution in [-0.2, 0) is 20.2 Å². The molecule has 0 aromatic carbocycles. The van der Waals surface area contributed by atoms with Crippen molar-refractivity contribution in [1.82, 2.24) is 10.2 Å². The van der Waals surface area contributed by atoms with E-state index in [4.69, 9.17) is 15.4 Å². The molecule has 0 atom stereocenters. The van der Waals surface area contributed by atoms with Gasteiger partial charge in [0.05, 0.1) is 12.3 Å². The zero-order chi connectivity index (χ0) is 14.8. The summed E-state index contributed by atoms with van der Waals surface area (Å²) < 4.78 is 28.3. The molecule has 1 heterocycles. The van der Waals surface area contributed by atoms with Gasteiger partial charge in [-0.3, -0.25) is 5.10 Å². The van der Waals surface area contributed by atoms with E-state index >= 15 is 0 Å². The fraction of sp³-hybridized carbons (Fsp3) is 0.667. The average Bonchev–Trinajstić information content (AvgIpc) is 3.03. The Morgan fingerprint density at radius 1 is 1.45 bits per heavy atom. The molecule has 1 N–H and O–H groups in total. The van der Waals surface area contributed by atoms with Crippen molar-refractivity contribution in [3.63, 3.8) is 0 Å². The Morgan fingerprint density at radius 3 is 2.65 bits per heavy atom. The molecule has 8 heteroatoms. The number of aromatic nitrogens is 2. The summed E-state index contributed by atoms with van der Waals surface area (Å²) in [7, 11) is 1.33. The van der Waals surface area contributed by atoms with Gasteiger partial charge < -0.3 is 4.74 Å². The Morgan fingerprint density at radius 2 is 2.10 bits per heavy atom. The summed E-state index contributed by atoms with van der Waals surface area (Å²) in [6.45, 7) is 2.04. The van der Waals surface area contributed by atoms with Gasteiger partial charge >= 0.3 is 5.97 Å². The molecular weight excluding hydrogens is 304 g/mol. The van der Waals surface area contributed by atoms with Crippen LogP contribution in [0.3, 0.4) is 0 Å². The number of hydrogen-bond donors (Lipinski definition) is 1. The lowest BCUT2D eigenvalue weighted by molar-refractivity contribution is 0.0431. The Kier molecular flexibility index (Phi) is 4.70. The minimum Gasteiger partial charge on any atom is -0.461 e. The van der Waals surface area contributed by atoms with Gasteiger partial charge in [-0.15, -0.1) is 0 Å². The fourth-order valence-corrected chi connectivity index (χ4v) is 3.79. The molecule has 0 radical (unpaired) electrons. The van der Waals surface area contributed by atoms with E-state index in [-0.39, 0.29) is 10.6 Å². The molecule has 0 spiro atoms. The maximum absolute atomic E-state index is 12.0. The zero-order valence-electron chi connectivity index (χ0n) is 11.2. The van der Waals surface area contributed by atoms with Crippen LogP contribution < -0.4 is 0 Å². The minimum absolute atomic E-state index is 0.255. The largest absolute Gasteiger partial charge is 0.461 e. The highest BCUT2D eigenvalue weighted by Gasteiger charge is 2.29. The van der Waals surface area contributed by atoms with Crippen LogP contribution in [0.5, 0.6) is 0 Å². The molecule has 0 bridgehead atoms. The monoisotopic (exact) mass is 320 g/mol. The van der Waals surface area contributed by atoms with Crippen molar-refractivity contribution in [2.24, 2.45) is 5.92 Å². The van der Waals surface area contributed by atoms with E-state index in [2.05, 4.69) is 10.2 Å². The van der Waals surface area contributed by atoms with Gasteiger partial charge in [-0.25, -0.2) is 13.2 Å². The molecule has 0 unspecified atom stereocenters. The van der Waals surface area contributed by atoms with Crippen molar-refractivity contribution < 1.29 is 17.9 Å². The van der Waals surface area contributed by atoms with Gasteiger partial charge in [0.1, 0.15) is 4.90 Å². The lowest BCUT2D eigenvalue weighted by atomic mass is 10.1. The van der Waals surface area contributed by atoms with E-state index in [9.17, 15) is 13.2 Å². The molecular formula is C12H17ClN2O4S. The smallest absolute Gasteiger partial charge is 0.360 e. The predicted molar refractivity (Wildman–Crippen MR) is 73.2 cm³/mol. The van der Waals surface area contributed by atoms with E-state index in [1.54, 1.807) is 6.92 Å². The topological polar surface area (TPSA) is 89.1 Å². The molecule has 1 aromatic rings. The standard InChI is InChI=1S/C12H17ClN2O4S/c1-2-9-11(20(13,17)18)10(15-14-9)12(16)19-7-8-5-3-4-6-8/h8H,2-7H2,1H3,(H,14,15). The van der Waals surface area contributed by atoms with Crippen molar-refractivity contribution in [3.8, 4) is 0 Å². The molecule has 1 aromatic heterocycles. The normalized spacial score (nSPS) is 16.5. The number of H-pyrrole nitrogens is 1. The molecule has 20 heavy (non-hydrogen) atoms. The number of aryl methyl sites for hydroxylation is 1. The number of nitrogens with one attached hydrogen (secondary N) is 1.